The van der Waals surface area contributed by atoms with E-state index in [2.05, 4.69) is 5.32 Å². The van der Waals surface area contributed by atoms with E-state index in [0.29, 0.717) is 5.56 Å². The third-order valence-electron chi connectivity index (χ3n) is 4.01. The highest BCUT2D eigenvalue weighted by Gasteiger charge is 2.34. The number of carboxylic acid groups (broad SMARTS) is 1. The Morgan fingerprint density at radius 1 is 1.23 bits per heavy atom. The number of fused-ring (bicyclic) bond motifs is 1. The lowest BCUT2D eigenvalue weighted by Crippen LogP contribution is -2.52. The first-order chi connectivity index (χ1) is 12.1. The number of amides is 2. The summed E-state index contributed by atoms with van der Waals surface area (Å²) in [4.78, 5) is 36.5. The van der Waals surface area contributed by atoms with Gasteiger partial charge in [0.15, 0.2) is 0 Å². The number of hydrogen-bond acceptors (Lipinski definition) is 5. The van der Waals surface area contributed by atoms with Crippen molar-refractivity contribution in [1.29, 1.82) is 0 Å². The maximum atomic E-state index is 12.4. The minimum atomic E-state index is -4.44. The number of carbonyl (C=O) groups is 3. The molecule has 0 radical (unpaired) electrons. The van der Waals surface area contributed by atoms with Crippen LogP contribution in [0.2, 0.25) is 0 Å². The molecule has 0 aromatic heterocycles. The zero-order valence-electron chi connectivity index (χ0n) is 13.9. The van der Waals surface area contributed by atoms with Crippen LogP contribution < -0.4 is 10.0 Å². The minimum Gasteiger partial charge on any atom is -0.481 e. The Bertz CT molecular complexity index is 838. The van der Waals surface area contributed by atoms with E-state index in [1.54, 1.807) is 6.07 Å². The molecule has 11 heteroatoms. The van der Waals surface area contributed by atoms with Gasteiger partial charge in [-0.2, -0.15) is 8.42 Å². The van der Waals surface area contributed by atoms with Gasteiger partial charge in [-0.25, -0.2) is 0 Å². The van der Waals surface area contributed by atoms with Crippen molar-refractivity contribution in [3.8, 4) is 0 Å². The molecular weight excluding hydrogens is 366 g/mol. The zero-order chi connectivity index (χ0) is 19.5. The zero-order valence-corrected chi connectivity index (χ0v) is 14.7. The monoisotopic (exact) mass is 385 g/mol. The van der Waals surface area contributed by atoms with Crippen molar-refractivity contribution < 1.29 is 32.5 Å². The maximum absolute atomic E-state index is 12.4. The highest BCUT2D eigenvalue weighted by atomic mass is 32.2. The Morgan fingerprint density at radius 3 is 2.50 bits per heavy atom. The van der Waals surface area contributed by atoms with Gasteiger partial charge >= 0.3 is 16.3 Å². The SMILES string of the molecule is CNC(=O)[C@@H]1Cc2ccc(NS(=O)(=O)O)cc2CN1C(=O)CCC(=O)O. The fourth-order valence-corrected chi connectivity index (χ4v) is 3.24. The molecule has 1 heterocycles. The van der Waals surface area contributed by atoms with E-state index in [1.807, 2.05) is 4.72 Å². The van der Waals surface area contributed by atoms with Gasteiger partial charge in [-0.1, -0.05) is 6.07 Å². The first-order valence-electron chi connectivity index (χ1n) is 7.70. The predicted molar refractivity (Wildman–Crippen MR) is 90.6 cm³/mol. The van der Waals surface area contributed by atoms with E-state index in [4.69, 9.17) is 9.66 Å². The molecule has 0 unspecified atom stereocenters. The van der Waals surface area contributed by atoms with Gasteiger partial charge in [0.1, 0.15) is 6.04 Å². The van der Waals surface area contributed by atoms with Gasteiger partial charge < -0.3 is 15.3 Å². The number of anilines is 1. The summed E-state index contributed by atoms with van der Waals surface area (Å²) >= 11 is 0. The number of benzene rings is 1. The lowest BCUT2D eigenvalue weighted by molar-refractivity contribution is -0.144. The molecule has 1 atom stereocenters. The molecule has 0 aliphatic carbocycles. The summed E-state index contributed by atoms with van der Waals surface area (Å²) < 4.78 is 32.7. The molecule has 0 saturated carbocycles. The van der Waals surface area contributed by atoms with Crippen LogP contribution in [0, 0.1) is 0 Å². The fourth-order valence-electron chi connectivity index (χ4n) is 2.82. The van der Waals surface area contributed by atoms with E-state index in [-0.39, 0.29) is 37.4 Å². The van der Waals surface area contributed by atoms with Gasteiger partial charge in [0.05, 0.1) is 12.1 Å². The Morgan fingerprint density at radius 2 is 1.92 bits per heavy atom. The van der Waals surface area contributed by atoms with Crippen LogP contribution in [-0.2, 0) is 37.7 Å². The first kappa shape index (κ1) is 19.7. The summed E-state index contributed by atoms with van der Waals surface area (Å²) in [5.41, 5.74) is 1.46. The molecular formula is C15H19N3O7S. The van der Waals surface area contributed by atoms with E-state index >= 15 is 0 Å². The number of rotatable bonds is 6. The largest absolute Gasteiger partial charge is 0.481 e. The van der Waals surface area contributed by atoms with Crippen LogP contribution in [0.1, 0.15) is 24.0 Å². The normalized spacial score (nSPS) is 16.5. The minimum absolute atomic E-state index is 0.0207. The number of aliphatic carboxylic acids is 1. The van der Waals surface area contributed by atoms with Gasteiger partial charge in [0.2, 0.25) is 11.8 Å². The second-order valence-electron chi connectivity index (χ2n) is 5.81. The Kier molecular flexibility index (Phi) is 5.83. The molecule has 142 valence electrons. The predicted octanol–water partition coefficient (Wildman–Crippen LogP) is -0.235. The van der Waals surface area contributed by atoms with Crippen molar-refractivity contribution in [3.05, 3.63) is 29.3 Å². The van der Waals surface area contributed by atoms with Crippen molar-refractivity contribution >= 4 is 33.8 Å². The van der Waals surface area contributed by atoms with Crippen LogP contribution >= 0.6 is 0 Å². The standard InChI is InChI=1S/C15H19N3O7S/c1-16-15(22)12-7-9-2-3-11(17-26(23,24)25)6-10(9)8-18(12)13(19)4-5-14(20)21/h2-3,6,12,17H,4-5,7-8H2,1H3,(H,16,22)(H,20,21)(H,23,24,25)/t12-/m0/s1. The average Bonchev–Trinajstić information content (AvgIpc) is 2.56. The molecule has 2 rings (SSSR count). The molecule has 0 fully saturated rings. The Labute approximate surface area is 150 Å². The summed E-state index contributed by atoms with van der Waals surface area (Å²) in [7, 11) is -3.00. The lowest BCUT2D eigenvalue weighted by Gasteiger charge is -2.36. The van der Waals surface area contributed by atoms with Crippen molar-refractivity contribution in [2.24, 2.45) is 0 Å². The van der Waals surface area contributed by atoms with Crippen molar-refractivity contribution in [2.45, 2.75) is 31.8 Å². The lowest BCUT2D eigenvalue weighted by atomic mass is 9.92. The van der Waals surface area contributed by atoms with Gasteiger partial charge in [0, 0.05) is 26.4 Å². The van der Waals surface area contributed by atoms with Crippen LogP contribution in [0.4, 0.5) is 5.69 Å². The molecule has 0 bridgehead atoms. The van der Waals surface area contributed by atoms with Crippen LogP contribution in [0.3, 0.4) is 0 Å². The smallest absolute Gasteiger partial charge is 0.357 e. The van der Waals surface area contributed by atoms with Gasteiger partial charge in [-0.15, -0.1) is 0 Å². The fraction of sp³-hybridized carbons (Fsp3) is 0.400. The molecule has 1 aliphatic rings. The molecule has 4 N–H and O–H groups in total. The van der Waals surface area contributed by atoms with Crippen molar-refractivity contribution in [2.75, 3.05) is 11.8 Å². The molecule has 2 amide bonds. The quantitative estimate of drug-likeness (QED) is 0.493. The number of hydrogen-bond donors (Lipinski definition) is 4. The molecule has 0 saturated heterocycles. The molecule has 1 aromatic rings. The molecule has 26 heavy (non-hydrogen) atoms. The number of carboxylic acids is 1. The topological polar surface area (TPSA) is 153 Å². The summed E-state index contributed by atoms with van der Waals surface area (Å²) in [5, 5.41) is 11.2. The highest BCUT2D eigenvalue weighted by molar-refractivity contribution is 7.87. The van der Waals surface area contributed by atoms with Gasteiger partial charge in [0.25, 0.3) is 0 Å². The maximum Gasteiger partial charge on any atom is 0.357 e. The average molecular weight is 385 g/mol. The second-order valence-corrected chi connectivity index (χ2v) is 6.96. The molecule has 0 spiro atoms. The molecule has 1 aromatic carbocycles. The van der Waals surface area contributed by atoms with Crippen molar-refractivity contribution in [3.63, 3.8) is 0 Å². The van der Waals surface area contributed by atoms with Crippen molar-refractivity contribution in [1.82, 2.24) is 10.2 Å². The number of nitrogens with one attached hydrogen (secondary N) is 2. The summed E-state index contributed by atoms with van der Waals surface area (Å²) in [6.07, 6.45) is -0.395. The summed E-state index contributed by atoms with van der Waals surface area (Å²) in [6, 6.07) is 3.72. The summed E-state index contributed by atoms with van der Waals surface area (Å²) in [6.45, 7) is 0.0207. The number of carbonyl (C=O) groups excluding carboxylic acids is 2. The highest BCUT2D eigenvalue weighted by Crippen LogP contribution is 2.27. The Hall–Kier alpha value is -2.66. The van der Waals surface area contributed by atoms with Crippen LogP contribution in [-0.4, -0.2) is 53.9 Å². The number of likely N-dealkylation sites (N-methyl/N-ethyl adjacent to an activating group) is 1. The third kappa shape index (κ3) is 4.92. The molecule has 1 aliphatic heterocycles. The first-order valence-corrected chi connectivity index (χ1v) is 9.14. The van der Waals surface area contributed by atoms with E-state index in [9.17, 15) is 22.8 Å². The van der Waals surface area contributed by atoms with Crippen LogP contribution in [0.25, 0.3) is 0 Å². The van der Waals surface area contributed by atoms with Crippen LogP contribution in [0.15, 0.2) is 18.2 Å². The van der Waals surface area contributed by atoms with Gasteiger partial charge in [-0.05, 0) is 23.3 Å². The molecule has 10 nitrogen and oxygen atoms in total. The summed E-state index contributed by atoms with van der Waals surface area (Å²) in [5.74, 6) is -1.98. The van der Waals surface area contributed by atoms with E-state index in [0.717, 1.165) is 5.56 Å². The van der Waals surface area contributed by atoms with Gasteiger partial charge in [-0.3, -0.25) is 23.7 Å². The van der Waals surface area contributed by atoms with E-state index in [1.165, 1.54) is 24.1 Å². The third-order valence-corrected chi connectivity index (χ3v) is 4.50. The van der Waals surface area contributed by atoms with Crippen LogP contribution in [0.5, 0.6) is 0 Å². The van der Waals surface area contributed by atoms with E-state index < -0.39 is 28.2 Å². The Balaban J connectivity index is 2.31. The second kappa shape index (κ2) is 7.70. The number of nitrogens with zero attached hydrogens (tertiary/aromatic N) is 1.